The van der Waals surface area contributed by atoms with E-state index in [1.807, 2.05) is 12.1 Å². The summed E-state index contributed by atoms with van der Waals surface area (Å²) in [5.74, 6) is -0.509. The number of hydrogen-bond donors (Lipinski definition) is 1. The van der Waals surface area contributed by atoms with Crippen LogP contribution in [0.3, 0.4) is 0 Å². The molecule has 0 aliphatic heterocycles. The molecule has 0 aliphatic carbocycles. The Morgan fingerprint density at radius 1 is 1.11 bits per heavy atom. The topological polar surface area (TPSA) is 52.3 Å². The number of nitrogens with two attached hydrogens (primary N) is 1. The average Bonchev–Trinajstić information content (AvgIpc) is 2.37. The van der Waals surface area contributed by atoms with E-state index in [0.717, 1.165) is 5.56 Å². The molecule has 0 unspecified atom stereocenters. The number of anilines is 1. The van der Waals surface area contributed by atoms with Gasteiger partial charge in [0.2, 0.25) is 0 Å². The monoisotopic (exact) mass is 295 g/mol. The van der Waals surface area contributed by atoms with Gasteiger partial charge in [0.15, 0.2) is 0 Å². The van der Waals surface area contributed by atoms with Crippen molar-refractivity contribution in [1.29, 1.82) is 0 Å². The second kappa shape index (κ2) is 5.95. The molecule has 0 bridgehead atoms. The molecule has 2 aromatic carbocycles. The average molecular weight is 296 g/mol. The molecule has 3 nitrogen and oxygen atoms in total. The van der Waals surface area contributed by atoms with Gasteiger partial charge in [-0.1, -0.05) is 41.4 Å². The first-order valence-electron chi connectivity index (χ1n) is 5.53. The smallest absolute Gasteiger partial charge is 0.339 e. The van der Waals surface area contributed by atoms with Crippen molar-refractivity contribution in [2.45, 2.75) is 6.61 Å². The van der Waals surface area contributed by atoms with Crippen LogP contribution in [0.2, 0.25) is 10.0 Å². The maximum absolute atomic E-state index is 11.9. The molecule has 19 heavy (non-hydrogen) atoms. The fraction of sp³-hybridized carbons (Fsp3) is 0.0714. The van der Waals surface area contributed by atoms with Crippen molar-refractivity contribution < 1.29 is 9.53 Å². The molecule has 0 amide bonds. The molecule has 2 aromatic rings. The molecule has 2 N–H and O–H groups in total. The van der Waals surface area contributed by atoms with Crippen LogP contribution in [0.25, 0.3) is 0 Å². The van der Waals surface area contributed by atoms with Gasteiger partial charge in [-0.2, -0.15) is 0 Å². The Hall–Kier alpha value is -1.71. The summed E-state index contributed by atoms with van der Waals surface area (Å²) < 4.78 is 5.17. The summed E-state index contributed by atoms with van der Waals surface area (Å²) in [6.45, 7) is 0.0964. The van der Waals surface area contributed by atoms with Gasteiger partial charge >= 0.3 is 5.97 Å². The van der Waals surface area contributed by atoms with Crippen molar-refractivity contribution in [3.05, 3.63) is 63.6 Å². The third-order valence-electron chi connectivity index (χ3n) is 2.53. The normalized spacial score (nSPS) is 10.2. The summed E-state index contributed by atoms with van der Waals surface area (Å²) >= 11 is 11.9. The van der Waals surface area contributed by atoms with E-state index in [4.69, 9.17) is 33.7 Å². The molecule has 0 radical (unpaired) electrons. The minimum Gasteiger partial charge on any atom is -0.457 e. The Kier molecular flexibility index (Phi) is 4.30. The number of nitrogen functional groups attached to an aromatic ring is 1. The zero-order valence-corrected chi connectivity index (χ0v) is 11.4. The highest BCUT2D eigenvalue weighted by Gasteiger charge is 2.12. The summed E-state index contributed by atoms with van der Waals surface area (Å²) in [6.07, 6.45) is 0. The lowest BCUT2D eigenvalue weighted by Crippen LogP contribution is -2.06. The lowest BCUT2D eigenvalue weighted by molar-refractivity contribution is 0.0473. The van der Waals surface area contributed by atoms with E-state index in [0.29, 0.717) is 10.7 Å². The molecular formula is C14H11Cl2NO2. The molecule has 0 aliphatic rings. The highest BCUT2D eigenvalue weighted by atomic mass is 35.5. The van der Waals surface area contributed by atoms with Gasteiger partial charge in [0.05, 0.1) is 10.6 Å². The summed E-state index contributed by atoms with van der Waals surface area (Å²) in [5.41, 5.74) is 7.07. The van der Waals surface area contributed by atoms with E-state index < -0.39 is 5.97 Å². The predicted molar refractivity (Wildman–Crippen MR) is 76.4 cm³/mol. The van der Waals surface area contributed by atoms with Crippen molar-refractivity contribution >= 4 is 34.9 Å². The van der Waals surface area contributed by atoms with Crippen LogP contribution in [0.4, 0.5) is 5.69 Å². The number of esters is 1. The van der Waals surface area contributed by atoms with E-state index in [1.54, 1.807) is 18.2 Å². The predicted octanol–water partition coefficient (Wildman–Crippen LogP) is 3.93. The van der Waals surface area contributed by atoms with Crippen LogP contribution in [-0.2, 0) is 11.3 Å². The van der Waals surface area contributed by atoms with Crippen LogP contribution in [0, 0.1) is 0 Å². The van der Waals surface area contributed by atoms with Crippen LogP contribution >= 0.6 is 23.2 Å². The van der Waals surface area contributed by atoms with Gasteiger partial charge in [0.1, 0.15) is 6.61 Å². The third-order valence-corrected chi connectivity index (χ3v) is 3.21. The van der Waals surface area contributed by atoms with E-state index in [1.165, 1.54) is 12.1 Å². The summed E-state index contributed by atoms with van der Waals surface area (Å²) in [5, 5.41) is 0.822. The lowest BCUT2D eigenvalue weighted by Gasteiger charge is -2.08. The number of carbonyl (C=O) groups is 1. The molecule has 0 saturated carbocycles. The van der Waals surface area contributed by atoms with Crippen LogP contribution in [-0.4, -0.2) is 5.97 Å². The number of hydrogen-bond acceptors (Lipinski definition) is 3. The number of carbonyl (C=O) groups excluding carboxylic acids is 1. The summed E-state index contributed by atoms with van der Waals surface area (Å²) in [6, 6.07) is 11.8. The van der Waals surface area contributed by atoms with Crippen molar-refractivity contribution in [1.82, 2.24) is 0 Å². The molecule has 0 saturated heterocycles. The Morgan fingerprint density at radius 2 is 1.84 bits per heavy atom. The fourth-order valence-electron chi connectivity index (χ4n) is 1.53. The van der Waals surface area contributed by atoms with E-state index in [-0.39, 0.29) is 17.2 Å². The Morgan fingerprint density at radius 3 is 2.53 bits per heavy atom. The second-order valence-electron chi connectivity index (χ2n) is 3.91. The Balaban J connectivity index is 2.08. The van der Waals surface area contributed by atoms with Crippen molar-refractivity contribution in [3.8, 4) is 0 Å². The van der Waals surface area contributed by atoms with E-state index >= 15 is 0 Å². The van der Waals surface area contributed by atoms with Gasteiger partial charge < -0.3 is 10.5 Å². The number of ether oxygens (including phenoxy) is 1. The molecule has 0 aromatic heterocycles. The largest absolute Gasteiger partial charge is 0.457 e. The van der Waals surface area contributed by atoms with Crippen molar-refractivity contribution in [2.75, 3.05) is 5.73 Å². The minimum absolute atomic E-state index is 0.0964. The highest BCUT2D eigenvalue weighted by Crippen LogP contribution is 2.21. The van der Waals surface area contributed by atoms with Gasteiger partial charge in [-0.05, 0) is 24.3 Å². The van der Waals surface area contributed by atoms with Gasteiger partial charge in [0.25, 0.3) is 0 Å². The van der Waals surface area contributed by atoms with Gasteiger partial charge in [-0.3, -0.25) is 0 Å². The molecular weight excluding hydrogens is 285 g/mol. The van der Waals surface area contributed by atoms with Crippen molar-refractivity contribution in [2.24, 2.45) is 0 Å². The molecule has 0 spiro atoms. The van der Waals surface area contributed by atoms with Gasteiger partial charge in [0, 0.05) is 16.3 Å². The molecule has 5 heteroatoms. The standard InChI is InChI=1S/C14H11Cl2NO2/c15-12-4-2-1-3-9(12)8-19-14(18)11-6-5-10(17)7-13(11)16/h1-7H,8,17H2. The fourth-order valence-corrected chi connectivity index (χ4v) is 1.99. The van der Waals surface area contributed by atoms with E-state index in [9.17, 15) is 4.79 Å². The molecule has 0 atom stereocenters. The first kappa shape index (κ1) is 13.7. The van der Waals surface area contributed by atoms with Crippen LogP contribution < -0.4 is 5.73 Å². The number of halogens is 2. The zero-order chi connectivity index (χ0) is 13.8. The zero-order valence-electron chi connectivity index (χ0n) is 9.90. The van der Waals surface area contributed by atoms with Crippen LogP contribution in [0.15, 0.2) is 42.5 Å². The quantitative estimate of drug-likeness (QED) is 0.689. The molecule has 0 heterocycles. The van der Waals surface area contributed by atoms with Crippen LogP contribution in [0.5, 0.6) is 0 Å². The second-order valence-corrected chi connectivity index (χ2v) is 4.72. The molecule has 0 fully saturated rings. The first-order chi connectivity index (χ1) is 9.08. The molecule has 2 rings (SSSR count). The van der Waals surface area contributed by atoms with Crippen molar-refractivity contribution in [3.63, 3.8) is 0 Å². The van der Waals surface area contributed by atoms with Crippen LogP contribution in [0.1, 0.15) is 15.9 Å². The Labute approximate surface area is 120 Å². The highest BCUT2D eigenvalue weighted by molar-refractivity contribution is 6.33. The third kappa shape index (κ3) is 3.40. The maximum Gasteiger partial charge on any atom is 0.339 e. The Bertz CT molecular complexity index is 614. The minimum atomic E-state index is -0.509. The number of benzene rings is 2. The van der Waals surface area contributed by atoms with E-state index in [2.05, 4.69) is 0 Å². The van der Waals surface area contributed by atoms with Gasteiger partial charge in [-0.15, -0.1) is 0 Å². The van der Waals surface area contributed by atoms with Gasteiger partial charge in [-0.25, -0.2) is 4.79 Å². The SMILES string of the molecule is Nc1ccc(C(=O)OCc2ccccc2Cl)c(Cl)c1. The lowest BCUT2D eigenvalue weighted by atomic mass is 10.2. The summed E-state index contributed by atoms with van der Waals surface area (Å²) in [7, 11) is 0. The number of rotatable bonds is 3. The summed E-state index contributed by atoms with van der Waals surface area (Å²) in [4.78, 5) is 11.9. The first-order valence-corrected chi connectivity index (χ1v) is 6.29. The molecule has 98 valence electrons. The maximum atomic E-state index is 11.9.